The van der Waals surface area contributed by atoms with Gasteiger partial charge in [-0.15, -0.1) is 0 Å². The number of nitrogens with zero attached hydrogens (tertiary/aromatic N) is 3. The van der Waals surface area contributed by atoms with E-state index in [-0.39, 0.29) is 0 Å². The number of hydrogen-bond donors (Lipinski definition) is 2. The van der Waals surface area contributed by atoms with Crippen molar-refractivity contribution in [2.75, 3.05) is 11.6 Å². The summed E-state index contributed by atoms with van der Waals surface area (Å²) in [4.78, 5) is 8.50. The minimum atomic E-state index is -3.41. The van der Waals surface area contributed by atoms with Gasteiger partial charge in [-0.05, 0) is 37.6 Å². The van der Waals surface area contributed by atoms with Crippen LogP contribution in [0.2, 0.25) is 0 Å². The molecule has 3 aromatic rings. The van der Waals surface area contributed by atoms with Gasteiger partial charge >= 0.3 is 0 Å². The van der Waals surface area contributed by atoms with E-state index in [1.165, 1.54) is 10.2 Å². The molecule has 0 saturated heterocycles. The first kappa shape index (κ1) is 16.4. The van der Waals surface area contributed by atoms with Crippen LogP contribution in [0.1, 0.15) is 12.6 Å². The van der Waals surface area contributed by atoms with Gasteiger partial charge in [0, 0.05) is 29.5 Å². The first-order chi connectivity index (χ1) is 11.3. The zero-order chi connectivity index (χ0) is 17.5. The molecule has 0 spiro atoms. The van der Waals surface area contributed by atoms with Crippen LogP contribution in [-0.4, -0.2) is 39.9 Å². The summed E-state index contributed by atoms with van der Waals surface area (Å²) in [6.07, 6.45) is 5.31. The molecule has 1 atom stereocenters. The van der Waals surface area contributed by atoms with Crippen molar-refractivity contribution < 1.29 is 13.5 Å². The number of fused-ring (bicyclic) bond motifs is 1. The molecule has 0 aliphatic carbocycles. The monoisotopic (exact) mass is 346 g/mol. The van der Waals surface area contributed by atoms with Crippen LogP contribution in [0.5, 0.6) is 0 Å². The molecule has 0 amide bonds. The van der Waals surface area contributed by atoms with E-state index in [0.29, 0.717) is 17.0 Å². The maximum absolute atomic E-state index is 12.0. The summed E-state index contributed by atoms with van der Waals surface area (Å²) in [5.74, 6) is 0.527. The highest BCUT2D eigenvalue weighted by molar-refractivity contribution is 7.89. The molecule has 0 aliphatic heterocycles. The Morgan fingerprint density at radius 1 is 1.29 bits per heavy atom. The molecule has 24 heavy (non-hydrogen) atoms. The molecular formula is C16H18N4O3S. The Morgan fingerprint density at radius 2 is 2.04 bits per heavy atom. The highest BCUT2D eigenvalue weighted by Gasteiger charge is 2.16. The SMILES string of the molecule is Cc1ncc(-c2ccnc(NC(C)O)c2)c2ccn(S(C)(=O)=O)c12. The Bertz CT molecular complexity index is 1010. The van der Waals surface area contributed by atoms with Crippen LogP contribution in [0.25, 0.3) is 22.0 Å². The molecule has 0 saturated carbocycles. The van der Waals surface area contributed by atoms with Gasteiger partial charge in [-0.25, -0.2) is 17.4 Å². The maximum atomic E-state index is 12.0. The molecule has 3 rings (SSSR count). The highest BCUT2D eigenvalue weighted by atomic mass is 32.2. The Labute approximate surface area is 140 Å². The molecule has 3 heterocycles. The smallest absolute Gasteiger partial charge is 0.236 e. The van der Waals surface area contributed by atoms with E-state index in [9.17, 15) is 13.5 Å². The molecule has 0 aromatic carbocycles. The lowest BCUT2D eigenvalue weighted by molar-refractivity contribution is 0.224. The lowest BCUT2D eigenvalue weighted by atomic mass is 10.0. The number of hydrogen-bond acceptors (Lipinski definition) is 6. The summed E-state index contributed by atoms with van der Waals surface area (Å²) in [5.41, 5.74) is 2.84. The van der Waals surface area contributed by atoms with Crippen LogP contribution >= 0.6 is 0 Å². The van der Waals surface area contributed by atoms with Gasteiger partial charge in [-0.1, -0.05) is 0 Å². The molecular weight excluding hydrogens is 328 g/mol. The van der Waals surface area contributed by atoms with Crippen molar-refractivity contribution >= 4 is 26.7 Å². The number of nitrogens with one attached hydrogen (secondary N) is 1. The summed E-state index contributed by atoms with van der Waals surface area (Å²) in [5, 5.41) is 13.1. The van der Waals surface area contributed by atoms with Crippen LogP contribution in [0.3, 0.4) is 0 Å². The quantitative estimate of drug-likeness (QED) is 0.701. The molecule has 1 unspecified atom stereocenters. The number of anilines is 1. The third kappa shape index (κ3) is 2.98. The van der Waals surface area contributed by atoms with E-state index >= 15 is 0 Å². The summed E-state index contributed by atoms with van der Waals surface area (Å²) < 4.78 is 25.2. The third-order valence-corrected chi connectivity index (χ3v) is 4.68. The van der Waals surface area contributed by atoms with Gasteiger partial charge in [0.1, 0.15) is 12.0 Å². The average Bonchev–Trinajstić information content (AvgIpc) is 2.93. The van der Waals surface area contributed by atoms with E-state index in [1.807, 2.05) is 6.07 Å². The predicted molar refractivity (Wildman–Crippen MR) is 93.2 cm³/mol. The molecule has 2 N–H and O–H groups in total. The van der Waals surface area contributed by atoms with E-state index in [1.54, 1.807) is 38.4 Å². The van der Waals surface area contributed by atoms with Gasteiger partial charge < -0.3 is 10.4 Å². The van der Waals surface area contributed by atoms with E-state index in [0.717, 1.165) is 22.8 Å². The van der Waals surface area contributed by atoms with Gasteiger partial charge in [-0.2, -0.15) is 0 Å². The van der Waals surface area contributed by atoms with Gasteiger partial charge in [0.05, 0.1) is 17.5 Å². The standard InChI is InChI=1S/C16H18N4O3S/c1-10-16-13(5-7-20(16)24(3,22)23)14(9-18-10)12-4-6-17-15(8-12)19-11(2)21/h4-9,11,21H,1-3H3,(H,17,19). The second kappa shape index (κ2) is 5.88. The number of aromatic nitrogens is 3. The van der Waals surface area contributed by atoms with Crippen LogP contribution in [0.4, 0.5) is 5.82 Å². The summed E-state index contributed by atoms with van der Waals surface area (Å²) in [6.45, 7) is 3.38. The van der Waals surface area contributed by atoms with Crippen molar-refractivity contribution in [3.8, 4) is 11.1 Å². The first-order valence-corrected chi connectivity index (χ1v) is 9.20. The van der Waals surface area contributed by atoms with Gasteiger partial charge in [0.25, 0.3) is 0 Å². The lowest BCUT2D eigenvalue weighted by Crippen LogP contribution is -2.14. The minimum Gasteiger partial charge on any atom is -0.374 e. The van der Waals surface area contributed by atoms with Crippen LogP contribution < -0.4 is 5.32 Å². The number of aryl methyl sites for hydroxylation is 1. The van der Waals surface area contributed by atoms with Crippen LogP contribution in [0.15, 0.2) is 36.8 Å². The fraction of sp³-hybridized carbons (Fsp3) is 0.250. The normalized spacial score (nSPS) is 13.2. The average molecular weight is 346 g/mol. The van der Waals surface area contributed by atoms with Crippen LogP contribution in [0, 0.1) is 6.92 Å². The molecule has 0 aliphatic rings. The van der Waals surface area contributed by atoms with Crippen molar-refractivity contribution in [1.82, 2.24) is 13.9 Å². The maximum Gasteiger partial charge on any atom is 0.236 e. The van der Waals surface area contributed by atoms with E-state index < -0.39 is 16.3 Å². The summed E-state index contributed by atoms with van der Waals surface area (Å²) in [6, 6.07) is 5.37. The van der Waals surface area contributed by atoms with Gasteiger partial charge in [0.2, 0.25) is 10.0 Å². The van der Waals surface area contributed by atoms with E-state index in [2.05, 4.69) is 15.3 Å². The molecule has 126 valence electrons. The largest absolute Gasteiger partial charge is 0.374 e. The van der Waals surface area contributed by atoms with Crippen molar-refractivity contribution in [2.24, 2.45) is 0 Å². The highest BCUT2D eigenvalue weighted by Crippen LogP contribution is 2.31. The lowest BCUT2D eigenvalue weighted by Gasteiger charge is -2.11. The fourth-order valence-corrected chi connectivity index (χ4v) is 3.52. The second-order valence-electron chi connectivity index (χ2n) is 5.64. The zero-order valence-corrected chi connectivity index (χ0v) is 14.4. The molecule has 3 aromatic heterocycles. The van der Waals surface area contributed by atoms with Crippen molar-refractivity contribution in [1.29, 1.82) is 0 Å². The topological polar surface area (TPSA) is 97.1 Å². The molecule has 7 nitrogen and oxygen atoms in total. The summed E-state index contributed by atoms with van der Waals surface area (Å²) in [7, 11) is -3.41. The van der Waals surface area contributed by atoms with Crippen molar-refractivity contribution in [3.63, 3.8) is 0 Å². The van der Waals surface area contributed by atoms with Crippen molar-refractivity contribution in [2.45, 2.75) is 20.1 Å². The Kier molecular flexibility index (Phi) is 4.02. The van der Waals surface area contributed by atoms with Crippen LogP contribution in [-0.2, 0) is 10.0 Å². The predicted octanol–water partition coefficient (Wildman–Crippen LogP) is 1.96. The number of aliphatic hydroxyl groups excluding tert-OH is 1. The number of pyridine rings is 2. The summed E-state index contributed by atoms with van der Waals surface area (Å²) >= 11 is 0. The Balaban J connectivity index is 2.22. The molecule has 0 radical (unpaired) electrons. The van der Waals surface area contributed by atoms with E-state index in [4.69, 9.17) is 0 Å². The first-order valence-electron chi connectivity index (χ1n) is 7.35. The van der Waals surface area contributed by atoms with Gasteiger partial charge in [0.15, 0.2) is 0 Å². The van der Waals surface area contributed by atoms with Gasteiger partial charge in [-0.3, -0.25) is 4.98 Å². The Hall–Kier alpha value is -2.45. The molecule has 8 heteroatoms. The number of aliphatic hydroxyl groups is 1. The fourth-order valence-electron chi connectivity index (χ4n) is 2.68. The third-order valence-electron chi connectivity index (χ3n) is 3.66. The molecule has 0 fully saturated rings. The second-order valence-corrected chi connectivity index (χ2v) is 7.50. The van der Waals surface area contributed by atoms with Crippen molar-refractivity contribution in [3.05, 3.63) is 42.5 Å². The minimum absolute atomic E-state index is 0.527. The zero-order valence-electron chi connectivity index (χ0n) is 13.6. The number of rotatable bonds is 4. The molecule has 0 bridgehead atoms. The Morgan fingerprint density at radius 3 is 2.71 bits per heavy atom.